The van der Waals surface area contributed by atoms with Crippen molar-refractivity contribution in [1.82, 2.24) is 14.5 Å². The van der Waals surface area contributed by atoms with Crippen LogP contribution in [0.15, 0.2) is 24.4 Å². The summed E-state index contributed by atoms with van der Waals surface area (Å²) >= 11 is 0. The number of carbonyl (C=O) groups is 1. The van der Waals surface area contributed by atoms with E-state index in [1.165, 1.54) is 26.4 Å². The lowest BCUT2D eigenvalue weighted by Gasteiger charge is -2.14. The first-order valence-electron chi connectivity index (χ1n) is 8.91. The van der Waals surface area contributed by atoms with Gasteiger partial charge in [0.2, 0.25) is 0 Å². The van der Waals surface area contributed by atoms with E-state index in [0.717, 1.165) is 6.07 Å². The van der Waals surface area contributed by atoms with Crippen molar-refractivity contribution >= 4 is 17.1 Å². The number of carbonyl (C=O) groups excluding carboxylic acids is 1. The van der Waals surface area contributed by atoms with Crippen LogP contribution in [-0.4, -0.2) is 41.1 Å². The number of esters is 1. The number of rotatable bonds is 5. The van der Waals surface area contributed by atoms with E-state index in [-0.39, 0.29) is 5.75 Å². The molecule has 160 valence electrons. The summed E-state index contributed by atoms with van der Waals surface area (Å²) in [5.74, 6) is -1.17. The molecular weight excluding hydrogens is 403 g/mol. The SMILES string of the molecule is COC(=O)C(C)c1cn(C)c2nc(-c3ccc(OC(F)(F)F)cc3OC)c(C)nc12. The van der Waals surface area contributed by atoms with Crippen LogP contribution >= 0.6 is 0 Å². The van der Waals surface area contributed by atoms with Gasteiger partial charge in [-0.25, -0.2) is 9.97 Å². The van der Waals surface area contributed by atoms with Gasteiger partial charge in [-0.05, 0) is 26.0 Å². The lowest BCUT2D eigenvalue weighted by atomic mass is 10.0. The van der Waals surface area contributed by atoms with Crippen LogP contribution in [0.1, 0.15) is 24.1 Å². The van der Waals surface area contributed by atoms with Gasteiger partial charge in [-0.15, -0.1) is 13.2 Å². The van der Waals surface area contributed by atoms with Crippen molar-refractivity contribution in [3.63, 3.8) is 0 Å². The molecule has 2 aromatic heterocycles. The van der Waals surface area contributed by atoms with E-state index in [4.69, 9.17) is 9.47 Å². The minimum Gasteiger partial charge on any atom is -0.496 e. The van der Waals surface area contributed by atoms with Crippen LogP contribution < -0.4 is 9.47 Å². The zero-order valence-corrected chi connectivity index (χ0v) is 17.0. The molecule has 3 aromatic rings. The minimum absolute atomic E-state index is 0.158. The van der Waals surface area contributed by atoms with Crippen molar-refractivity contribution in [1.29, 1.82) is 0 Å². The number of ether oxygens (including phenoxy) is 3. The molecule has 0 saturated heterocycles. The smallest absolute Gasteiger partial charge is 0.496 e. The first-order valence-corrected chi connectivity index (χ1v) is 8.91. The molecule has 7 nitrogen and oxygen atoms in total. The normalized spacial score (nSPS) is 12.7. The molecule has 0 N–H and O–H groups in total. The zero-order chi connectivity index (χ0) is 22.2. The summed E-state index contributed by atoms with van der Waals surface area (Å²) in [5, 5.41) is 0. The number of hydrogen-bond acceptors (Lipinski definition) is 6. The van der Waals surface area contributed by atoms with Gasteiger partial charge in [0.15, 0.2) is 5.65 Å². The Labute approximate surface area is 170 Å². The van der Waals surface area contributed by atoms with E-state index < -0.39 is 24.0 Å². The number of halogens is 3. The third-order valence-electron chi connectivity index (χ3n) is 4.67. The van der Waals surface area contributed by atoms with Gasteiger partial charge in [-0.1, -0.05) is 0 Å². The van der Waals surface area contributed by atoms with E-state index in [0.29, 0.717) is 33.7 Å². The topological polar surface area (TPSA) is 75.5 Å². The zero-order valence-electron chi connectivity index (χ0n) is 17.0. The van der Waals surface area contributed by atoms with Crippen molar-refractivity contribution in [2.24, 2.45) is 7.05 Å². The Kier molecular flexibility index (Phi) is 5.60. The Morgan fingerprint density at radius 3 is 2.50 bits per heavy atom. The fraction of sp³-hybridized carbons (Fsp3) is 0.350. The summed E-state index contributed by atoms with van der Waals surface area (Å²) in [6.45, 7) is 3.44. The quantitative estimate of drug-likeness (QED) is 0.575. The molecule has 0 radical (unpaired) electrons. The van der Waals surface area contributed by atoms with Crippen molar-refractivity contribution < 1.29 is 32.2 Å². The highest BCUT2D eigenvalue weighted by atomic mass is 19.4. The van der Waals surface area contributed by atoms with Gasteiger partial charge in [0.1, 0.15) is 17.0 Å². The Morgan fingerprint density at radius 2 is 1.90 bits per heavy atom. The molecule has 1 atom stereocenters. The van der Waals surface area contributed by atoms with Crippen LogP contribution in [0.4, 0.5) is 13.2 Å². The largest absolute Gasteiger partial charge is 0.573 e. The highest BCUT2D eigenvalue weighted by Gasteiger charge is 2.31. The van der Waals surface area contributed by atoms with Gasteiger partial charge in [-0.2, -0.15) is 0 Å². The predicted octanol–water partition coefficient (Wildman–Crippen LogP) is 4.13. The molecule has 0 saturated carbocycles. The average Bonchev–Trinajstić information content (AvgIpc) is 3.00. The van der Waals surface area contributed by atoms with E-state index in [1.54, 1.807) is 31.7 Å². The first-order chi connectivity index (χ1) is 14.1. The van der Waals surface area contributed by atoms with Crippen molar-refractivity contribution in [3.8, 4) is 22.8 Å². The second kappa shape index (κ2) is 7.85. The summed E-state index contributed by atoms with van der Waals surface area (Å²) < 4.78 is 53.3. The molecule has 0 aliphatic heterocycles. The van der Waals surface area contributed by atoms with E-state index >= 15 is 0 Å². The monoisotopic (exact) mass is 423 g/mol. The maximum atomic E-state index is 12.5. The molecule has 0 spiro atoms. The molecule has 1 unspecified atom stereocenters. The number of fused-ring (bicyclic) bond motifs is 1. The molecule has 1 aromatic carbocycles. The molecule has 0 aliphatic rings. The fourth-order valence-corrected chi connectivity index (χ4v) is 3.22. The van der Waals surface area contributed by atoms with E-state index in [2.05, 4.69) is 14.7 Å². The number of benzene rings is 1. The Bertz CT molecular complexity index is 1110. The molecule has 30 heavy (non-hydrogen) atoms. The van der Waals surface area contributed by atoms with Crippen LogP contribution in [0.3, 0.4) is 0 Å². The molecule has 0 aliphatic carbocycles. The minimum atomic E-state index is -4.81. The second-order valence-electron chi connectivity index (χ2n) is 6.68. The van der Waals surface area contributed by atoms with Crippen molar-refractivity contribution in [3.05, 3.63) is 35.7 Å². The number of methoxy groups -OCH3 is 2. The third kappa shape index (κ3) is 4.03. The predicted molar refractivity (Wildman–Crippen MR) is 102 cm³/mol. The standard InChI is InChI=1S/C20H20F3N3O4/c1-10(19(27)29-5)14-9-26(3)18-17(14)24-11(2)16(25-18)13-7-6-12(8-15(13)28-4)30-20(21,22)23/h6-10H,1-5H3. The fourth-order valence-electron chi connectivity index (χ4n) is 3.22. The summed E-state index contributed by atoms with van der Waals surface area (Å²) in [6.07, 6.45) is -3.05. The highest BCUT2D eigenvalue weighted by molar-refractivity contribution is 5.87. The van der Waals surface area contributed by atoms with E-state index in [9.17, 15) is 18.0 Å². The van der Waals surface area contributed by atoms with Crippen LogP contribution in [0, 0.1) is 6.92 Å². The first kappa shape index (κ1) is 21.4. The summed E-state index contributed by atoms with van der Waals surface area (Å²) in [5.41, 5.74) is 3.16. The molecule has 2 heterocycles. The number of nitrogens with zero attached hydrogens (tertiary/aromatic N) is 3. The Balaban J connectivity index is 2.12. The number of hydrogen-bond donors (Lipinski definition) is 0. The number of aryl methyl sites for hydroxylation is 2. The summed E-state index contributed by atoms with van der Waals surface area (Å²) in [7, 11) is 4.43. The maximum Gasteiger partial charge on any atom is 0.573 e. The van der Waals surface area contributed by atoms with Gasteiger partial charge in [-0.3, -0.25) is 4.79 Å². The molecular formula is C20H20F3N3O4. The molecule has 0 amide bonds. The van der Waals surface area contributed by atoms with Crippen LogP contribution in [-0.2, 0) is 16.6 Å². The molecule has 0 bridgehead atoms. The van der Waals surface area contributed by atoms with Gasteiger partial charge >= 0.3 is 12.3 Å². The molecule has 10 heteroatoms. The van der Waals surface area contributed by atoms with Gasteiger partial charge in [0.25, 0.3) is 0 Å². The lowest BCUT2D eigenvalue weighted by molar-refractivity contribution is -0.274. The Hall–Kier alpha value is -3.30. The van der Waals surface area contributed by atoms with Gasteiger partial charge < -0.3 is 18.8 Å². The molecule has 3 rings (SSSR count). The van der Waals surface area contributed by atoms with Crippen molar-refractivity contribution in [2.45, 2.75) is 26.1 Å². The average molecular weight is 423 g/mol. The highest BCUT2D eigenvalue weighted by Crippen LogP contribution is 2.37. The summed E-state index contributed by atoms with van der Waals surface area (Å²) in [6, 6.07) is 3.76. The maximum absolute atomic E-state index is 12.5. The Morgan fingerprint density at radius 1 is 1.20 bits per heavy atom. The number of aromatic nitrogens is 3. The summed E-state index contributed by atoms with van der Waals surface area (Å²) in [4.78, 5) is 21.2. The van der Waals surface area contributed by atoms with Gasteiger partial charge in [0.05, 0.1) is 31.5 Å². The lowest BCUT2D eigenvalue weighted by Crippen LogP contribution is -2.17. The van der Waals surface area contributed by atoms with Crippen LogP contribution in [0.2, 0.25) is 0 Å². The van der Waals surface area contributed by atoms with Crippen LogP contribution in [0.25, 0.3) is 22.4 Å². The van der Waals surface area contributed by atoms with Gasteiger partial charge in [0, 0.05) is 30.4 Å². The van der Waals surface area contributed by atoms with Crippen LogP contribution in [0.5, 0.6) is 11.5 Å². The third-order valence-corrected chi connectivity index (χ3v) is 4.67. The number of alkyl halides is 3. The van der Waals surface area contributed by atoms with Crippen molar-refractivity contribution in [2.75, 3.05) is 14.2 Å². The van der Waals surface area contributed by atoms with E-state index in [1.807, 2.05) is 0 Å². The second-order valence-corrected chi connectivity index (χ2v) is 6.68. The molecule has 0 fully saturated rings.